The lowest BCUT2D eigenvalue weighted by molar-refractivity contribution is -0.137. The second-order valence-electron chi connectivity index (χ2n) is 6.33. The van der Waals surface area contributed by atoms with Crippen molar-refractivity contribution in [2.75, 3.05) is 6.54 Å². The molecule has 0 radical (unpaired) electrons. The molecule has 0 spiro atoms. The van der Waals surface area contributed by atoms with E-state index >= 15 is 0 Å². The third-order valence-electron chi connectivity index (χ3n) is 4.17. The summed E-state index contributed by atoms with van der Waals surface area (Å²) in [7, 11) is -4.36. The largest absolute Gasteiger partial charge is 0.416 e. The van der Waals surface area contributed by atoms with E-state index in [-0.39, 0.29) is 18.1 Å². The Bertz CT molecular complexity index is 1260. The lowest BCUT2D eigenvalue weighted by Crippen LogP contribution is -2.32. The Kier molecular flexibility index (Phi) is 6.75. The van der Waals surface area contributed by atoms with Gasteiger partial charge in [-0.05, 0) is 36.4 Å². The molecule has 0 aliphatic heterocycles. The van der Waals surface area contributed by atoms with E-state index in [0.29, 0.717) is 28.4 Å². The van der Waals surface area contributed by atoms with Gasteiger partial charge in [0.05, 0.1) is 22.8 Å². The second-order valence-corrected chi connectivity index (χ2v) is 8.91. The van der Waals surface area contributed by atoms with Crippen LogP contribution < -0.4 is 10.3 Å². The minimum Gasteiger partial charge on any atom is -0.268 e. The van der Waals surface area contributed by atoms with Crippen LogP contribution in [0.15, 0.2) is 64.3 Å². The van der Waals surface area contributed by atoms with Crippen LogP contribution >= 0.6 is 23.2 Å². The van der Waals surface area contributed by atoms with Gasteiger partial charge in [0.1, 0.15) is 4.90 Å². The zero-order valence-electron chi connectivity index (χ0n) is 15.5. The SMILES string of the molecule is O=c1ccc(-c2ccc(Cl)cc2)nn1CCNS(=O)(=O)c1cc(C(F)(F)F)ccc1Cl. The summed E-state index contributed by atoms with van der Waals surface area (Å²) in [6.45, 7) is -0.456. The Morgan fingerprint density at radius 2 is 1.68 bits per heavy atom. The molecule has 0 atom stereocenters. The van der Waals surface area contributed by atoms with Crippen molar-refractivity contribution in [3.63, 3.8) is 0 Å². The summed E-state index contributed by atoms with van der Waals surface area (Å²) in [5.74, 6) is 0. The van der Waals surface area contributed by atoms with Crippen molar-refractivity contribution >= 4 is 33.2 Å². The third kappa shape index (κ3) is 5.65. The van der Waals surface area contributed by atoms with Crippen molar-refractivity contribution in [3.05, 3.63) is 80.6 Å². The van der Waals surface area contributed by atoms with Gasteiger partial charge < -0.3 is 0 Å². The normalized spacial score (nSPS) is 12.2. The van der Waals surface area contributed by atoms with E-state index in [9.17, 15) is 26.4 Å². The standard InChI is InChI=1S/C19H14Cl2F3N3O3S/c20-14-4-1-12(2-5-14)16-7-8-18(28)27(26-16)10-9-25-31(29,30)17-11-13(19(22,23)24)3-6-15(17)21/h1-8,11,25H,9-10H2. The van der Waals surface area contributed by atoms with Gasteiger partial charge in [-0.3, -0.25) is 4.79 Å². The zero-order valence-corrected chi connectivity index (χ0v) is 17.9. The lowest BCUT2D eigenvalue weighted by Gasteiger charge is -2.12. The summed E-state index contributed by atoms with van der Waals surface area (Å²) in [6, 6.07) is 11.5. The molecule has 1 N–H and O–H groups in total. The maximum atomic E-state index is 12.9. The van der Waals surface area contributed by atoms with Crippen LogP contribution in [0.25, 0.3) is 11.3 Å². The van der Waals surface area contributed by atoms with E-state index in [1.807, 2.05) is 0 Å². The maximum absolute atomic E-state index is 12.9. The highest BCUT2D eigenvalue weighted by Crippen LogP contribution is 2.33. The average molecular weight is 492 g/mol. The summed E-state index contributed by atoms with van der Waals surface area (Å²) in [5, 5.41) is 4.35. The molecule has 0 amide bonds. The summed E-state index contributed by atoms with van der Waals surface area (Å²) < 4.78 is 66.8. The number of rotatable bonds is 6. The Morgan fingerprint density at radius 1 is 1.00 bits per heavy atom. The molecule has 0 unspecified atom stereocenters. The Labute approximate surface area is 185 Å². The van der Waals surface area contributed by atoms with Gasteiger partial charge in [0.15, 0.2) is 0 Å². The van der Waals surface area contributed by atoms with Crippen LogP contribution in [0.2, 0.25) is 10.0 Å². The van der Waals surface area contributed by atoms with E-state index in [4.69, 9.17) is 23.2 Å². The fourth-order valence-electron chi connectivity index (χ4n) is 2.63. The molecule has 0 fully saturated rings. The van der Waals surface area contributed by atoms with E-state index in [0.717, 1.165) is 10.7 Å². The molecule has 1 aromatic heterocycles. The van der Waals surface area contributed by atoms with E-state index < -0.39 is 32.2 Å². The first-order valence-electron chi connectivity index (χ1n) is 8.68. The number of aromatic nitrogens is 2. The minimum absolute atomic E-state index is 0.157. The smallest absolute Gasteiger partial charge is 0.268 e. The lowest BCUT2D eigenvalue weighted by atomic mass is 10.1. The number of sulfonamides is 1. The van der Waals surface area contributed by atoms with Gasteiger partial charge in [-0.25, -0.2) is 17.8 Å². The molecule has 164 valence electrons. The van der Waals surface area contributed by atoms with Gasteiger partial charge >= 0.3 is 6.18 Å². The van der Waals surface area contributed by atoms with Crippen LogP contribution in [0.3, 0.4) is 0 Å². The summed E-state index contributed by atoms with van der Waals surface area (Å²) in [6.07, 6.45) is -4.73. The van der Waals surface area contributed by atoms with Crippen LogP contribution in [0.4, 0.5) is 13.2 Å². The number of hydrogen-bond acceptors (Lipinski definition) is 4. The van der Waals surface area contributed by atoms with Crippen LogP contribution in [0.1, 0.15) is 5.56 Å². The van der Waals surface area contributed by atoms with Gasteiger partial charge in [0.2, 0.25) is 10.0 Å². The van der Waals surface area contributed by atoms with Crippen molar-refractivity contribution in [2.24, 2.45) is 0 Å². The molecule has 2 aromatic carbocycles. The fraction of sp³-hybridized carbons (Fsp3) is 0.158. The molecule has 0 aliphatic carbocycles. The highest BCUT2D eigenvalue weighted by molar-refractivity contribution is 7.89. The third-order valence-corrected chi connectivity index (χ3v) is 6.36. The first-order chi connectivity index (χ1) is 14.5. The minimum atomic E-state index is -4.73. The number of halogens is 5. The van der Waals surface area contributed by atoms with Crippen molar-refractivity contribution in [3.8, 4) is 11.3 Å². The topological polar surface area (TPSA) is 81.1 Å². The van der Waals surface area contributed by atoms with Crippen molar-refractivity contribution in [1.82, 2.24) is 14.5 Å². The first kappa shape index (κ1) is 23.3. The average Bonchev–Trinajstić information content (AvgIpc) is 2.69. The van der Waals surface area contributed by atoms with E-state index in [1.54, 1.807) is 24.3 Å². The highest BCUT2D eigenvalue weighted by Gasteiger charge is 2.32. The molecule has 1 heterocycles. The molecule has 3 rings (SSSR count). The Morgan fingerprint density at radius 3 is 2.32 bits per heavy atom. The molecule has 0 saturated carbocycles. The number of alkyl halides is 3. The van der Waals surface area contributed by atoms with Gasteiger partial charge in [0.25, 0.3) is 5.56 Å². The van der Waals surface area contributed by atoms with Crippen LogP contribution in [0.5, 0.6) is 0 Å². The van der Waals surface area contributed by atoms with E-state index in [2.05, 4.69) is 9.82 Å². The quantitative estimate of drug-likeness (QED) is 0.559. The van der Waals surface area contributed by atoms with Crippen LogP contribution in [-0.4, -0.2) is 24.7 Å². The monoisotopic (exact) mass is 491 g/mol. The Hall–Kier alpha value is -2.40. The van der Waals surface area contributed by atoms with Gasteiger partial charge in [-0.1, -0.05) is 35.3 Å². The predicted molar refractivity (Wildman–Crippen MR) is 111 cm³/mol. The molecule has 6 nitrogen and oxygen atoms in total. The first-order valence-corrected chi connectivity index (χ1v) is 10.9. The molecular weight excluding hydrogens is 478 g/mol. The molecule has 3 aromatic rings. The predicted octanol–water partition coefficient (Wildman–Crippen LogP) is 4.21. The molecule has 0 saturated heterocycles. The molecular formula is C19H14Cl2F3N3O3S. The van der Waals surface area contributed by atoms with Crippen molar-refractivity contribution in [2.45, 2.75) is 17.6 Å². The van der Waals surface area contributed by atoms with Crippen molar-refractivity contribution < 1.29 is 21.6 Å². The highest BCUT2D eigenvalue weighted by atomic mass is 35.5. The maximum Gasteiger partial charge on any atom is 0.416 e. The van der Waals surface area contributed by atoms with Crippen LogP contribution in [0, 0.1) is 0 Å². The summed E-state index contributed by atoms with van der Waals surface area (Å²) in [4.78, 5) is 11.3. The fourth-order valence-corrected chi connectivity index (χ4v) is 4.30. The Balaban J connectivity index is 1.77. The number of nitrogens with zero attached hydrogens (tertiary/aromatic N) is 2. The number of hydrogen-bond donors (Lipinski definition) is 1. The van der Waals surface area contributed by atoms with Gasteiger partial charge in [-0.15, -0.1) is 0 Å². The summed E-state index contributed by atoms with van der Waals surface area (Å²) in [5.41, 5.74) is -0.477. The van der Waals surface area contributed by atoms with Crippen molar-refractivity contribution in [1.29, 1.82) is 0 Å². The molecule has 0 aliphatic rings. The van der Waals surface area contributed by atoms with Gasteiger partial charge in [-0.2, -0.15) is 18.3 Å². The molecule has 12 heteroatoms. The van der Waals surface area contributed by atoms with Crippen LogP contribution in [-0.2, 0) is 22.7 Å². The number of nitrogens with one attached hydrogen (secondary N) is 1. The molecule has 0 bridgehead atoms. The van der Waals surface area contributed by atoms with E-state index in [1.165, 1.54) is 12.1 Å². The number of benzene rings is 2. The second kappa shape index (κ2) is 8.99. The van der Waals surface area contributed by atoms with Gasteiger partial charge in [0, 0.05) is 23.2 Å². The summed E-state index contributed by atoms with van der Waals surface area (Å²) >= 11 is 11.6. The zero-order chi connectivity index (χ0) is 22.8. The molecule has 31 heavy (non-hydrogen) atoms.